The lowest BCUT2D eigenvalue weighted by molar-refractivity contribution is -0.124. The molecular weight excluding hydrogens is 541 g/mol. The van der Waals surface area contributed by atoms with Crippen molar-refractivity contribution in [1.82, 2.24) is 14.9 Å². The van der Waals surface area contributed by atoms with Gasteiger partial charge in [-0.25, -0.2) is 4.79 Å². The van der Waals surface area contributed by atoms with Gasteiger partial charge in [0.15, 0.2) is 0 Å². The number of rotatable bonds is 7. The number of aromatic nitrogens is 2. The molecule has 0 radical (unpaired) electrons. The Hall–Kier alpha value is -3.93. The molecule has 1 unspecified atom stereocenters. The lowest BCUT2D eigenvalue weighted by Crippen LogP contribution is -2.36. The fourth-order valence-corrected chi connectivity index (χ4v) is 6.02. The van der Waals surface area contributed by atoms with Gasteiger partial charge in [0.05, 0.1) is 27.4 Å². The number of nitrogens with one attached hydrogen (secondary N) is 1. The van der Waals surface area contributed by atoms with E-state index >= 15 is 0 Å². The van der Waals surface area contributed by atoms with Crippen LogP contribution < -0.4 is 5.32 Å². The molecule has 38 heavy (non-hydrogen) atoms. The minimum Gasteiger partial charge on any atom is -0.478 e. The van der Waals surface area contributed by atoms with Crippen LogP contribution in [0.4, 0.5) is 5.69 Å². The van der Waals surface area contributed by atoms with Crippen LogP contribution in [-0.4, -0.2) is 48.6 Å². The number of nitrogens with zero attached hydrogens (tertiary/aromatic N) is 3. The van der Waals surface area contributed by atoms with Crippen LogP contribution in [0.3, 0.4) is 0 Å². The average molecular weight is 561 g/mol. The van der Waals surface area contributed by atoms with Gasteiger partial charge in [-0.15, -0.1) is 11.3 Å². The van der Waals surface area contributed by atoms with Crippen molar-refractivity contribution < 1.29 is 19.5 Å². The van der Waals surface area contributed by atoms with Gasteiger partial charge in [-0.3, -0.25) is 24.5 Å². The Balaban J connectivity index is 1.25. The molecule has 2 N–H and O–H groups in total. The summed E-state index contributed by atoms with van der Waals surface area (Å²) in [4.78, 5) is 48.3. The van der Waals surface area contributed by atoms with Crippen molar-refractivity contribution in [3.63, 3.8) is 0 Å². The number of carbonyl (C=O) groups is 3. The summed E-state index contributed by atoms with van der Waals surface area (Å²) in [6.45, 7) is 1.84. The van der Waals surface area contributed by atoms with Crippen molar-refractivity contribution >= 4 is 80.2 Å². The number of anilines is 1. The molecule has 2 aromatic heterocycles. The molecule has 2 aromatic carbocycles. The predicted molar refractivity (Wildman–Crippen MR) is 154 cm³/mol. The predicted octanol–water partition coefficient (Wildman–Crippen LogP) is 5.53. The molecule has 1 aliphatic rings. The molecule has 8 nitrogen and oxygen atoms in total. The molecule has 11 heteroatoms. The largest absolute Gasteiger partial charge is 0.478 e. The SMILES string of the molecule is CC(CN1C(=O)C(=Cc2cc(-c3ccc4nccnc4c3)cs2)SC1=S)C(=O)Nc1ccc(C(=O)O)cc1. The van der Waals surface area contributed by atoms with E-state index in [1.54, 1.807) is 19.3 Å². The number of fused-ring (bicyclic) bond motifs is 1. The molecule has 190 valence electrons. The van der Waals surface area contributed by atoms with Gasteiger partial charge in [0, 0.05) is 29.5 Å². The first-order valence-electron chi connectivity index (χ1n) is 11.5. The van der Waals surface area contributed by atoms with E-state index in [1.807, 2.05) is 35.7 Å². The second-order valence-electron chi connectivity index (χ2n) is 8.56. The van der Waals surface area contributed by atoms with Gasteiger partial charge in [0.1, 0.15) is 4.32 Å². The molecule has 4 aromatic rings. The average Bonchev–Trinajstić information content (AvgIpc) is 3.48. The van der Waals surface area contributed by atoms with E-state index in [1.165, 1.54) is 52.3 Å². The van der Waals surface area contributed by atoms with Crippen molar-refractivity contribution in [3.05, 3.63) is 81.7 Å². The van der Waals surface area contributed by atoms with E-state index in [4.69, 9.17) is 17.3 Å². The zero-order valence-corrected chi connectivity index (χ0v) is 22.4. The van der Waals surface area contributed by atoms with E-state index in [9.17, 15) is 14.4 Å². The number of benzene rings is 2. The van der Waals surface area contributed by atoms with Gasteiger partial charge in [0.25, 0.3) is 5.91 Å². The summed E-state index contributed by atoms with van der Waals surface area (Å²) in [5.74, 6) is -2.11. The fourth-order valence-electron chi connectivity index (χ4n) is 3.83. The number of carbonyl (C=O) groups excluding carboxylic acids is 2. The Labute approximate surface area is 231 Å². The first-order chi connectivity index (χ1) is 18.3. The van der Waals surface area contributed by atoms with Crippen LogP contribution in [0.5, 0.6) is 0 Å². The number of hydrogen-bond acceptors (Lipinski definition) is 8. The van der Waals surface area contributed by atoms with Gasteiger partial charge in [0.2, 0.25) is 5.91 Å². The van der Waals surface area contributed by atoms with E-state index in [-0.39, 0.29) is 23.9 Å². The Morgan fingerprint density at radius 2 is 1.82 bits per heavy atom. The summed E-state index contributed by atoms with van der Waals surface area (Å²) in [5.41, 5.74) is 4.28. The number of carboxylic acids is 1. The fraction of sp³-hybridized carbons (Fsp3) is 0.111. The number of thioether (sulfide) groups is 1. The molecule has 0 spiro atoms. The number of carboxylic acid groups (broad SMARTS) is 1. The lowest BCUT2D eigenvalue weighted by atomic mass is 10.1. The standard InChI is InChI=1S/C27H20N4O4S3/c1-15(24(32)30-19-5-2-16(3-6-19)26(34)35)13-31-25(33)23(38-27(31)36)12-20-10-18(14-37-20)17-4-7-21-22(11-17)29-9-8-28-21/h2-12,14-15H,13H2,1H3,(H,30,32)(H,34,35). The summed E-state index contributed by atoms with van der Waals surface area (Å²) in [7, 11) is 0. The maximum atomic E-state index is 13.1. The molecule has 3 heterocycles. The van der Waals surface area contributed by atoms with Crippen LogP contribution in [0.2, 0.25) is 0 Å². The third-order valence-corrected chi connectivity index (χ3v) is 8.13. The smallest absolute Gasteiger partial charge is 0.335 e. The molecular formula is C27H20N4O4S3. The van der Waals surface area contributed by atoms with Crippen molar-refractivity contribution in [1.29, 1.82) is 0 Å². The van der Waals surface area contributed by atoms with Crippen LogP contribution in [0.25, 0.3) is 28.2 Å². The topological polar surface area (TPSA) is 112 Å². The van der Waals surface area contributed by atoms with E-state index in [2.05, 4.69) is 15.3 Å². The minimum absolute atomic E-state index is 0.129. The van der Waals surface area contributed by atoms with E-state index in [0.29, 0.717) is 14.9 Å². The summed E-state index contributed by atoms with van der Waals surface area (Å²) >= 11 is 8.18. The molecule has 0 saturated carbocycles. The van der Waals surface area contributed by atoms with Gasteiger partial charge in [-0.2, -0.15) is 0 Å². The maximum absolute atomic E-state index is 13.1. The highest BCUT2D eigenvalue weighted by Gasteiger charge is 2.34. The van der Waals surface area contributed by atoms with Crippen molar-refractivity contribution in [2.75, 3.05) is 11.9 Å². The highest BCUT2D eigenvalue weighted by Crippen LogP contribution is 2.35. The summed E-state index contributed by atoms with van der Waals surface area (Å²) in [6, 6.07) is 13.8. The molecule has 1 aliphatic heterocycles. The Kier molecular flexibility index (Phi) is 7.32. The molecule has 1 saturated heterocycles. The zero-order valence-electron chi connectivity index (χ0n) is 20.0. The molecule has 5 rings (SSSR count). The third-order valence-electron chi connectivity index (χ3n) is 5.87. The van der Waals surface area contributed by atoms with Crippen molar-refractivity contribution in [3.8, 4) is 11.1 Å². The Morgan fingerprint density at radius 1 is 1.08 bits per heavy atom. The van der Waals surface area contributed by atoms with Crippen LogP contribution in [0.1, 0.15) is 22.2 Å². The maximum Gasteiger partial charge on any atom is 0.335 e. The number of thiocarbonyl (C=S) groups is 1. The van der Waals surface area contributed by atoms with Gasteiger partial charge in [-0.05, 0) is 65.0 Å². The summed E-state index contributed by atoms with van der Waals surface area (Å²) < 4.78 is 0.400. The van der Waals surface area contributed by atoms with Gasteiger partial charge < -0.3 is 10.4 Å². The quantitative estimate of drug-likeness (QED) is 0.224. The number of thiophene rings is 1. The highest BCUT2D eigenvalue weighted by molar-refractivity contribution is 8.26. The molecule has 1 fully saturated rings. The molecule has 0 bridgehead atoms. The van der Waals surface area contributed by atoms with Gasteiger partial charge in [-0.1, -0.05) is 37.0 Å². The summed E-state index contributed by atoms with van der Waals surface area (Å²) in [5, 5.41) is 13.8. The third kappa shape index (κ3) is 5.49. The monoisotopic (exact) mass is 560 g/mol. The minimum atomic E-state index is -1.04. The first kappa shape index (κ1) is 25.7. The molecule has 2 amide bonds. The molecule has 0 aliphatic carbocycles. The van der Waals surface area contributed by atoms with Crippen LogP contribution in [0, 0.1) is 5.92 Å². The lowest BCUT2D eigenvalue weighted by Gasteiger charge is -2.19. The number of amides is 2. The van der Waals surface area contributed by atoms with Crippen LogP contribution in [0.15, 0.2) is 71.2 Å². The van der Waals surface area contributed by atoms with Gasteiger partial charge >= 0.3 is 5.97 Å². The first-order valence-corrected chi connectivity index (χ1v) is 13.6. The highest BCUT2D eigenvalue weighted by atomic mass is 32.2. The second-order valence-corrected chi connectivity index (χ2v) is 11.2. The Bertz CT molecular complexity index is 1610. The zero-order chi connectivity index (χ0) is 26.8. The van der Waals surface area contributed by atoms with E-state index < -0.39 is 11.9 Å². The Morgan fingerprint density at radius 3 is 2.55 bits per heavy atom. The number of aromatic carboxylic acids is 1. The molecule has 1 atom stereocenters. The summed E-state index contributed by atoms with van der Waals surface area (Å²) in [6.07, 6.45) is 5.15. The second kappa shape index (κ2) is 10.8. The van der Waals surface area contributed by atoms with E-state index in [0.717, 1.165) is 27.0 Å². The van der Waals surface area contributed by atoms with Crippen LogP contribution >= 0.6 is 35.3 Å². The van der Waals surface area contributed by atoms with Crippen molar-refractivity contribution in [2.24, 2.45) is 5.92 Å². The normalized spacial score (nSPS) is 15.3. The van der Waals surface area contributed by atoms with Crippen molar-refractivity contribution in [2.45, 2.75) is 6.92 Å². The number of hydrogen-bond donors (Lipinski definition) is 2. The van der Waals surface area contributed by atoms with Crippen LogP contribution in [-0.2, 0) is 9.59 Å².